The third-order valence-electron chi connectivity index (χ3n) is 6.23. The highest BCUT2D eigenvalue weighted by Gasteiger charge is 2.40. The minimum absolute atomic E-state index is 0.0802. The summed E-state index contributed by atoms with van der Waals surface area (Å²) in [6.45, 7) is 10.7. The fourth-order valence-electron chi connectivity index (χ4n) is 4.18. The molecule has 26 heavy (non-hydrogen) atoms. The van der Waals surface area contributed by atoms with Gasteiger partial charge in [0.1, 0.15) is 0 Å². The van der Waals surface area contributed by atoms with Gasteiger partial charge in [-0.3, -0.25) is 4.90 Å². The molecular weight excluding hydrogens is 326 g/mol. The number of urea groups is 1. The van der Waals surface area contributed by atoms with Crippen LogP contribution in [0.4, 0.5) is 10.5 Å². The third kappa shape index (κ3) is 4.57. The molecule has 0 spiro atoms. The van der Waals surface area contributed by atoms with Crippen LogP contribution in [0.3, 0.4) is 0 Å². The van der Waals surface area contributed by atoms with Crippen molar-refractivity contribution in [3.05, 3.63) is 29.3 Å². The molecule has 1 saturated carbocycles. The molecule has 1 aromatic carbocycles. The Hall–Kier alpha value is -1.59. The number of rotatable bonds is 4. The minimum atomic E-state index is -0.112. The van der Waals surface area contributed by atoms with Crippen LogP contribution in [0.1, 0.15) is 43.7 Å². The van der Waals surface area contributed by atoms with E-state index in [-0.39, 0.29) is 11.6 Å². The maximum absolute atomic E-state index is 12.5. The van der Waals surface area contributed by atoms with Gasteiger partial charge >= 0.3 is 6.03 Å². The number of aryl methyl sites for hydroxylation is 2. The van der Waals surface area contributed by atoms with Gasteiger partial charge in [-0.15, -0.1) is 0 Å². The number of hydrogen-bond donors (Lipinski definition) is 2. The molecule has 0 unspecified atom stereocenters. The molecule has 144 valence electrons. The summed E-state index contributed by atoms with van der Waals surface area (Å²) in [6.07, 6.45) is 4.77. The van der Waals surface area contributed by atoms with E-state index in [1.807, 2.05) is 18.2 Å². The molecule has 1 heterocycles. The lowest BCUT2D eigenvalue weighted by Gasteiger charge is -2.49. The molecule has 5 heteroatoms. The molecule has 2 aliphatic rings. The normalized spacial score (nSPS) is 27.1. The van der Waals surface area contributed by atoms with Crippen LogP contribution >= 0.6 is 0 Å². The Labute approximate surface area is 157 Å². The lowest BCUT2D eigenvalue weighted by molar-refractivity contribution is -0.0401. The zero-order chi connectivity index (χ0) is 18.6. The molecule has 5 nitrogen and oxygen atoms in total. The number of carbonyl (C=O) groups excluding carboxylic acids is 1. The van der Waals surface area contributed by atoms with Crippen molar-refractivity contribution in [1.82, 2.24) is 10.2 Å². The molecule has 2 N–H and O–H groups in total. The van der Waals surface area contributed by atoms with Gasteiger partial charge in [0.05, 0.1) is 13.2 Å². The van der Waals surface area contributed by atoms with E-state index in [1.165, 1.54) is 24.0 Å². The van der Waals surface area contributed by atoms with E-state index < -0.39 is 0 Å². The van der Waals surface area contributed by atoms with Gasteiger partial charge in [0, 0.05) is 30.9 Å². The zero-order valence-corrected chi connectivity index (χ0v) is 16.4. The summed E-state index contributed by atoms with van der Waals surface area (Å²) in [7, 11) is 0. The van der Waals surface area contributed by atoms with Crippen molar-refractivity contribution in [3.8, 4) is 0 Å². The molecule has 1 saturated heterocycles. The number of hydrogen-bond acceptors (Lipinski definition) is 3. The van der Waals surface area contributed by atoms with E-state index in [4.69, 9.17) is 4.74 Å². The average Bonchev–Trinajstić information content (AvgIpc) is 2.65. The largest absolute Gasteiger partial charge is 0.379 e. The van der Waals surface area contributed by atoms with E-state index in [0.717, 1.165) is 50.8 Å². The SMILES string of the molecule is Cc1ccc(NC(=O)NCC2(N3CCOCC3)CCC(C)CC2)cc1C. The Morgan fingerprint density at radius 2 is 1.88 bits per heavy atom. The van der Waals surface area contributed by atoms with Gasteiger partial charge in [0.25, 0.3) is 0 Å². The van der Waals surface area contributed by atoms with Crippen LogP contribution in [-0.2, 0) is 4.74 Å². The first-order chi connectivity index (χ1) is 12.5. The predicted molar refractivity (Wildman–Crippen MR) is 106 cm³/mol. The van der Waals surface area contributed by atoms with Crippen molar-refractivity contribution < 1.29 is 9.53 Å². The van der Waals surface area contributed by atoms with Crippen molar-refractivity contribution in [2.45, 2.75) is 52.0 Å². The Balaban J connectivity index is 1.61. The quantitative estimate of drug-likeness (QED) is 0.862. The van der Waals surface area contributed by atoms with Gasteiger partial charge in [0.15, 0.2) is 0 Å². The number of ether oxygens (including phenoxy) is 1. The van der Waals surface area contributed by atoms with Gasteiger partial charge in [-0.2, -0.15) is 0 Å². The summed E-state index contributed by atoms with van der Waals surface area (Å²) < 4.78 is 5.54. The molecule has 1 aliphatic heterocycles. The van der Waals surface area contributed by atoms with Gasteiger partial charge in [-0.25, -0.2) is 4.79 Å². The molecule has 1 aromatic rings. The molecular formula is C21H33N3O2. The first kappa shape index (κ1) is 19.2. The van der Waals surface area contributed by atoms with Crippen molar-refractivity contribution in [2.24, 2.45) is 5.92 Å². The number of nitrogens with zero attached hydrogens (tertiary/aromatic N) is 1. The first-order valence-electron chi connectivity index (χ1n) is 9.93. The van der Waals surface area contributed by atoms with E-state index >= 15 is 0 Å². The monoisotopic (exact) mass is 359 g/mol. The fraction of sp³-hybridized carbons (Fsp3) is 0.667. The summed E-state index contributed by atoms with van der Waals surface area (Å²) in [5.74, 6) is 0.786. The molecule has 0 atom stereocenters. The van der Waals surface area contributed by atoms with E-state index in [2.05, 4.69) is 36.3 Å². The van der Waals surface area contributed by atoms with Crippen molar-refractivity contribution in [2.75, 3.05) is 38.2 Å². The van der Waals surface area contributed by atoms with Crippen LogP contribution in [0.15, 0.2) is 18.2 Å². The Morgan fingerprint density at radius 3 is 2.54 bits per heavy atom. The second kappa shape index (κ2) is 8.40. The second-order valence-electron chi connectivity index (χ2n) is 8.11. The van der Waals surface area contributed by atoms with Crippen LogP contribution in [-0.4, -0.2) is 49.3 Å². The van der Waals surface area contributed by atoms with Gasteiger partial charge in [-0.05, 0) is 68.7 Å². The van der Waals surface area contributed by atoms with E-state index in [9.17, 15) is 4.79 Å². The van der Waals surface area contributed by atoms with Crippen molar-refractivity contribution in [3.63, 3.8) is 0 Å². The van der Waals surface area contributed by atoms with Crippen LogP contribution in [0.5, 0.6) is 0 Å². The lowest BCUT2D eigenvalue weighted by Crippen LogP contribution is -2.60. The molecule has 0 bridgehead atoms. The molecule has 2 fully saturated rings. The van der Waals surface area contributed by atoms with E-state index in [1.54, 1.807) is 0 Å². The molecule has 1 aliphatic carbocycles. The summed E-state index contributed by atoms with van der Waals surface area (Å²) in [4.78, 5) is 15.0. The van der Waals surface area contributed by atoms with E-state index in [0.29, 0.717) is 6.54 Å². The zero-order valence-electron chi connectivity index (χ0n) is 16.4. The molecule has 3 rings (SSSR count). The highest BCUT2D eigenvalue weighted by Crippen LogP contribution is 2.36. The summed E-state index contributed by atoms with van der Waals surface area (Å²) in [5, 5.41) is 6.14. The van der Waals surface area contributed by atoms with Crippen LogP contribution < -0.4 is 10.6 Å². The predicted octanol–water partition coefficient (Wildman–Crippen LogP) is 3.71. The number of carbonyl (C=O) groups is 1. The van der Waals surface area contributed by atoms with Crippen LogP contribution in [0.2, 0.25) is 0 Å². The minimum Gasteiger partial charge on any atom is -0.379 e. The summed E-state index contributed by atoms with van der Waals surface area (Å²) >= 11 is 0. The molecule has 0 aromatic heterocycles. The Bertz CT molecular complexity index is 618. The molecule has 2 amide bonds. The number of nitrogens with one attached hydrogen (secondary N) is 2. The highest BCUT2D eigenvalue weighted by molar-refractivity contribution is 5.89. The second-order valence-corrected chi connectivity index (χ2v) is 8.11. The molecule has 0 radical (unpaired) electrons. The lowest BCUT2D eigenvalue weighted by atomic mass is 9.75. The van der Waals surface area contributed by atoms with Crippen LogP contribution in [0, 0.1) is 19.8 Å². The summed E-state index contributed by atoms with van der Waals surface area (Å²) in [6, 6.07) is 5.92. The Morgan fingerprint density at radius 1 is 1.19 bits per heavy atom. The maximum atomic E-state index is 12.5. The van der Waals surface area contributed by atoms with Gasteiger partial charge in [0.2, 0.25) is 0 Å². The number of anilines is 1. The number of morpholine rings is 1. The van der Waals surface area contributed by atoms with Gasteiger partial charge < -0.3 is 15.4 Å². The maximum Gasteiger partial charge on any atom is 0.319 e. The fourth-order valence-corrected chi connectivity index (χ4v) is 4.18. The first-order valence-corrected chi connectivity index (χ1v) is 9.93. The summed E-state index contributed by atoms with van der Waals surface area (Å²) in [5.41, 5.74) is 3.35. The number of benzene rings is 1. The highest BCUT2D eigenvalue weighted by atomic mass is 16.5. The van der Waals surface area contributed by atoms with Crippen molar-refractivity contribution in [1.29, 1.82) is 0 Å². The smallest absolute Gasteiger partial charge is 0.319 e. The van der Waals surface area contributed by atoms with Crippen molar-refractivity contribution >= 4 is 11.7 Å². The third-order valence-corrected chi connectivity index (χ3v) is 6.23. The topological polar surface area (TPSA) is 53.6 Å². The number of amides is 2. The standard InChI is InChI=1S/C21H33N3O2/c1-16-6-8-21(9-7-16,24-10-12-26-13-11-24)15-22-20(25)23-19-5-4-17(2)18(3)14-19/h4-5,14,16H,6-13,15H2,1-3H3,(H2,22,23,25). The Kier molecular flexibility index (Phi) is 6.20. The van der Waals surface area contributed by atoms with Gasteiger partial charge in [-0.1, -0.05) is 13.0 Å². The average molecular weight is 360 g/mol. The van der Waals surface area contributed by atoms with Crippen LogP contribution in [0.25, 0.3) is 0 Å².